The van der Waals surface area contributed by atoms with Gasteiger partial charge in [0.1, 0.15) is 0 Å². The van der Waals surface area contributed by atoms with Crippen LogP contribution in [0.4, 0.5) is 0 Å². The van der Waals surface area contributed by atoms with Gasteiger partial charge in [0.05, 0.1) is 0 Å². The van der Waals surface area contributed by atoms with Crippen LogP contribution in [0.2, 0.25) is 0 Å². The first-order chi connectivity index (χ1) is 5.18. The zero-order valence-corrected chi connectivity index (χ0v) is 6.83. The smallest absolute Gasteiger partial charge is 0.427 e. The Morgan fingerprint density at radius 2 is 1.73 bits per heavy atom. The van der Waals surface area contributed by atoms with E-state index in [1.165, 1.54) is 0 Å². The highest BCUT2D eigenvalue weighted by atomic mass is 32.1. The summed E-state index contributed by atoms with van der Waals surface area (Å²) in [5.41, 5.74) is 0.901. The lowest BCUT2D eigenvalue weighted by atomic mass is 9.82. The second-order valence-electron chi connectivity index (χ2n) is 2.35. The lowest BCUT2D eigenvalue weighted by Gasteiger charge is -1.98. The molecule has 0 fully saturated rings. The summed E-state index contributed by atoms with van der Waals surface area (Å²) >= 11 is 4.10. The van der Waals surface area contributed by atoms with Gasteiger partial charge in [0.15, 0.2) is 0 Å². The number of rotatable bonds is 2. The first-order valence-corrected chi connectivity index (χ1v) is 3.77. The van der Waals surface area contributed by atoms with E-state index in [0.717, 1.165) is 10.5 Å². The molecule has 11 heavy (non-hydrogen) atoms. The molecule has 0 aliphatic heterocycles. The normalized spacial score (nSPS) is 9.73. The van der Waals surface area contributed by atoms with Crippen molar-refractivity contribution in [2.75, 3.05) is 0 Å². The minimum Gasteiger partial charge on any atom is -0.427 e. The van der Waals surface area contributed by atoms with E-state index in [1.807, 2.05) is 24.3 Å². The molecule has 58 valence electrons. The predicted molar refractivity (Wildman–Crippen MR) is 47.6 cm³/mol. The molecule has 1 rings (SSSR count). The molecular formula is C7H9BO2S. The van der Waals surface area contributed by atoms with Crippen molar-refractivity contribution in [2.45, 2.75) is 11.2 Å². The van der Waals surface area contributed by atoms with Crippen LogP contribution in [-0.4, -0.2) is 17.2 Å². The monoisotopic (exact) mass is 168 g/mol. The molecule has 0 saturated carbocycles. The molecule has 0 aliphatic rings. The molecule has 2 nitrogen and oxygen atoms in total. The summed E-state index contributed by atoms with van der Waals surface area (Å²) in [6, 6.07) is 7.28. The van der Waals surface area contributed by atoms with Crippen LogP contribution in [0.3, 0.4) is 0 Å². The van der Waals surface area contributed by atoms with Gasteiger partial charge < -0.3 is 10.0 Å². The molecule has 0 bridgehead atoms. The fourth-order valence-electron chi connectivity index (χ4n) is 0.843. The van der Waals surface area contributed by atoms with Crippen molar-refractivity contribution in [3.63, 3.8) is 0 Å². The standard InChI is InChI=1S/C7H9BO2S/c9-8(10)5-6-1-3-7(11)4-2-6/h1-4,9-11H,5H2. The highest BCUT2D eigenvalue weighted by Gasteiger charge is 2.06. The molecule has 1 aromatic rings. The first kappa shape index (κ1) is 8.65. The van der Waals surface area contributed by atoms with Crippen LogP contribution >= 0.6 is 12.6 Å². The van der Waals surface area contributed by atoms with E-state index in [0.29, 0.717) is 0 Å². The lowest BCUT2D eigenvalue weighted by molar-refractivity contribution is 0.405. The van der Waals surface area contributed by atoms with Gasteiger partial charge >= 0.3 is 7.12 Å². The summed E-state index contributed by atoms with van der Waals surface area (Å²) in [5.74, 6) is 0. The van der Waals surface area contributed by atoms with Crippen LogP contribution in [0.5, 0.6) is 0 Å². The molecule has 2 N–H and O–H groups in total. The van der Waals surface area contributed by atoms with Gasteiger partial charge in [0.2, 0.25) is 0 Å². The Kier molecular flexibility index (Phi) is 2.99. The summed E-state index contributed by atoms with van der Waals surface area (Å²) < 4.78 is 0. The number of thiol groups is 1. The second-order valence-corrected chi connectivity index (χ2v) is 2.87. The molecule has 1 aromatic carbocycles. The van der Waals surface area contributed by atoms with Gasteiger partial charge in [-0.3, -0.25) is 0 Å². The fourth-order valence-corrected chi connectivity index (χ4v) is 0.992. The Morgan fingerprint density at radius 1 is 1.18 bits per heavy atom. The Balaban J connectivity index is 2.66. The molecule has 0 heterocycles. The maximum absolute atomic E-state index is 8.61. The van der Waals surface area contributed by atoms with Gasteiger partial charge in [-0.25, -0.2) is 0 Å². The topological polar surface area (TPSA) is 40.5 Å². The fraction of sp³-hybridized carbons (Fsp3) is 0.143. The van der Waals surface area contributed by atoms with Crippen LogP contribution in [0.1, 0.15) is 5.56 Å². The number of hydrogen-bond acceptors (Lipinski definition) is 3. The van der Waals surface area contributed by atoms with E-state index < -0.39 is 7.12 Å². The zero-order valence-electron chi connectivity index (χ0n) is 5.94. The van der Waals surface area contributed by atoms with Crippen molar-refractivity contribution in [2.24, 2.45) is 0 Å². The minimum absolute atomic E-state index is 0.272. The lowest BCUT2D eigenvalue weighted by Crippen LogP contribution is -2.14. The van der Waals surface area contributed by atoms with E-state index in [2.05, 4.69) is 12.6 Å². The second kappa shape index (κ2) is 3.81. The van der Waals surface area contributed by atoms with Gasteiger partial charge in [0.25, 0.3) is 0 Å². The van der Waals surface area contributed by atoms with Crippen LogP contribution in [0.15, 0.2) is 29.2 Å². The van der Waals surface area contributed by atoms with E-state index >= 15 is 0 Å². The minimum atomic E-state index is -1.26. The van der Waals surface area contributed by atoms with Crippen molar-refractivity contribution < 1.29 is 10.0 Å². The van der Waals surface area contributed by atoms with Crippen molar-refractivity contribution in [3.05, 3.63) is 29.8 Å². The van der Waals surface area contributed by atoms with Crippen molar-refractivity contribution in [3.8, 4) is 0 Å². The zero-order chi connectivity index (χ0) is 8.27. The Hall–Kier alpha value is -0.445. The molecule has 0 aromatic heterocycles. The maximum Gasteiger partial charge on any atom is 0.456 e. The third-order valence-electron chi connectivity index (χ3n) is 1.35. The van der Waals surface area contributed by atoms with Crippen molar-refractivity contribution >= 4 is 19.7 Å². The average Bonchev–Trinajstić information content (AvgIpc) is 1.93. The molecule has 0 amide bonds. The Bertz CT molecular complexity index is 222. The Labute approximate surface area is 71.4 Å². The highest BCUT2D eigenvalue weighted by molar-refractivity contribution is 7.80. The van der Waals surface area contributed by atoms with Crippen LogP contribution in [0.25, 0.3) is 0 Å². The Morgan fingerprint density at radius 3 is 2.18 bits per heavy atom. The largest absolute Gasteiger partial charge is 0.456 e. The summed E-state index contributed by atoms with van der Waals surface area (Å²) in [4.78, 5) is 0.876. The van der Waals surface area contributed by atoms with Crippen molar-refractivity contribution in [1.29, 1.82) is 0 Å². The molecule has 0 unspecified atom stereocenters. The molecule has 4 heteroatoms. The number of benzene rings is 1. The van der Waals surface area contributed by atoms with Gasteiger partial charge in [0, 0.05) is 11.2 Å². The quantitative estimate of drug-likeness (QED) is 0.445. The summed E-state index contributed by atoms with van der Waals surface area (Å²) in [5, 5.41) is 17.2. The van der Waals surface area contributed by atoms with Gasteiger partial charge in [-0.2, -0.15) is 0 Å². The summed E-state index contributed by atoms with van der Waals surface area (Å²) in [6.45, 7) is 0. The maximum atomic E-state index is 8.61. The summed E-state index contributed by atoms with van der Waals surface area (Å²) in [7, 11) is -1.26. The van der Waals surface area contributed by atoms with E-state index in [9.17, 15) is 0 Å². The molecule has 0 saturated heterocycles. The predicted octanol–water partition coefficient (Wildman–Crippen LogP) is 0.530. The van der Waals surface area contributed by atoms with Crippen LogP contribution in [-0.2, 0) is 6.32 Å². The van der Waals surface area contributed by atoms with Gasteiger partial charge in [-0.05, 0) is 17.7 Å². The van der Waals surface area contributed by atoms with E-state index in [1.54, 1.807) is 0 Å². The average molecular weight is 168 g/mol. The SMILES string of the molecule is OB(O)Cc1ccc(S)cc1. The molecular weight excluding hydrogens is 159 g/mol. The van der Waals surface area contributed by atoms with Crippen LogP contribution < -0.4 is 0 Å². The number of hydrogen-bond donors (Lipinski definition) is 3. The molecule has 0 atom stereocenters. The van der Waals surface area contributed by atoms with Crippen molar-refractivity contribution in [1.82, 2.24) is 0 Å². The van der Waals surface area contributed by atoms with E-state index in [4.69, 9.17) is 10.0 Å². The molecule has 0 radical (unpaired) electrons. The third-order valence-corrected chi connectivity index (χ3v) is 1.65. The highest BCUT2D eigenvalue weighted by Crippen LogP contribution is 2.08. The van der Waals surface area contributed by atoms with Crippen LogP contribution in [0, 0.1) is 0 Å². The third kappa shape index (κ3) is 2.97. The molecule has 0 aliphatic carbocycles. The van der Waals surface area contributed by atoms with Gasteiger partial charge in [-0.1, -0.05) is 12.1 Å². The summed E-state index contributed by atoms with van der Waals surface area (Å²) in [6.07, 6.45) is 0.272. The van der Waals surface area contributed by atoms with E-state index in [-0.39, 0.29) is 6.32 Å². The van der Waals surface area contributed by atoms with Gasteiger partial charge in [-0.15, -0.1) is 12.6 Å². The molecule has 0 spiro atoms. The first-order valence-electron chi connectivity index (χ1n) is 3.32.